The fourth-order valence-electron chi connectivity index (χ4n) is 3.72. The lowest BCUT2D eigenvalue weighted by Gasteiger charge is -2.32. The van der Waals surface area contributed by atoms with Gasteiger partial charge in [0.05, 0.1) is 11.1 Å². The number of piperidine rings is 2. The van der Waals surface area contributed by atoms with Gasteiger partial charge in [0.1, 0.15) is 4.90 Å². The minimum Gasteiger partial charge on any atom is -0.378 e. The van der Waals surface area contributed by atoms with Gasteiger partial charge in [-0.05, 0) is 50.8 Å². The minimum atomic E-state index is -3.68. The molecule has 0 unspecified atom stereocenters. The first-order valence-corrected chi connectivity index (χ1v) is 11.5. The lowest BCUT2D eigenvalue weighted by Crippen LogP contribution is -2.41. The van der Waals surface area contributed by atoms with Gasteiger partial charge in [0.2, 0.25) is 10.0 Å². The van der Waals surface area contributed by atoms with Crippen LogP contribution in [-0.2, 0) is 14.8 Å². The van der Waals surface area contributed by atoms with Crippen molar-refractivity contribution in [2.45, 2.75) is 50.0 Å². The van der Waals surface area contributed by atoms with Gasteiger partial charge in [-0.25, -0.2) is 8.42 Å². The second-order valence-corrected chi connectivity index (χ2v) is 9.37. The summed E-state index contributed by atoms with van der Waals surface area (Å²) in [6, 6.07) is 4.55. The molecule has 1 amide bonds. The molecule has 0 aromatic heterocycles. The van der Waals surface area contributed by atoms with E-state index in [1.54, 1.807) is 11.0 Å². The van der Waals surface area contributed by atoms with Gasteiger partial charge < -0.3 is 9.64 Å². The highest BCUT2D eigenvalue weighted by Crippen LogP contribution is 2.28. The van der Waals surface area contributed by atoms with E-state index in [1.165, 1.54) is 16.4 Å². The molecule has 0 atom stereocenters. The number of hydrogen-bond donors (Lipinski definition) is 0. The van der Waals surface area contributed by atoms with Crippen molar-refractivity contribution in [3.05, 3.63) is 28.8 Å². The average Bonchev–Trinajstić information content (AvgIpc) is 2.69. The van der Waals surface area contributed by atoms with Crippen LogP contribution in [0.25, 0.3) is 0 Å². The average molecular weight is 415 g/mol. The van der Waals surface area contributed by atoms with E-state index in [0.29, 0.717) is 38.3 Å². The van der Waals surface area contributed by atoms with Crippen LogP contribution in [0.15, 0.2) is 23.1 Å². The molecule has 2 heterocycles. The fourth-order valence-corrected chi connectivity index (χ4v) is 5.74. The fraction of sp³-hybridized carbons (Fsp3) is 0.632. The highest BCUT2D eigenvalue weighted by molar-refractivity contribution is 7.89. The van der Waals surface area contributed by atoms with E-state index in [4.69, 9.17) is 16.3 Å². The van der Waals surface area contributed by atoms with E-state index >= 15 is 0 Å². The summed E-state index contributed by atoms with van der Waals surface area (Å²) in [6.45, 7) is 4.87. The van der Waals surface area contributed by atoms with Crippen molar-refractivity contribution in [3.8, 4) is 0 Å². The van der Waals surface area contributed by atoms with Crippen molar-refractivity contribution in [2.75, 3.05) is 32.8 Å². The normalized spacial score (nSPS) is 20.0. The second kappa shape index (κ2) is 8.90. The van der Waals surface area contributed by atoms with E-state index in [1.807, 2.05) is 6.92 Å². The van der Waals surface area contributed by atoms with Gasteiger partial charge in [-0.15, -0.1) is 0 Å². The predicted molar refractivity (Wildman–Crippen MR) is 105 cm³/mol. The van der Waals surface area contributed by atoms with Crippen molar-refractivity contribution in [2.24, 2.45) is 0 Å². The summed E-state index contributed by atoms with van der Waals surface area (Å²) in [5, 5.41) is 0.159. The number of rotatable bonds is 5. The number of amides is 1. The van der Waals surface area contributed by atoms with Crippen molar-refractivity contribution in [1.82, 2.24) is 9.21 Å². The molecule has 0 aliphatic carbocycles. The molecular weight excluding hydrogens is 388 g/mol. The molecule has 2 fully saturated rings. The summed E-state index contributed by atoms with van der Waals surface area (Å²) in [7, 11) is -3.68. The van der Waals surface area contributed by atoms with Crippen LogP contribution in [0.1, 0.15) is 49.4 Å². The Morgan fingerprint density at radius 3 is 2.44 bits per heavy atom. The standard InChI is InChI=1S/C19H27ClN2O4S/c1-2-26-16-8-12-21(13-9-16)19(23)15-6-7-17(20)18(14-15)27(24,25)22-10-4-3-5-11-22/h6-7,14,16H,2-5,8-13H2,1H3. The van der Waals surface area contributed by atoms with Gasteiger partial charge in [0, 0.05) is 38.3 Å². The largest absolute Gasteiger partial charge is 0.378 e. The first-order chi connectivity index (χ1) is 12.9. The van der Waals surface area contributed by atoms with Crippen LogP contribution in [0, 0.1) is 0 Å². The Labute approximate surface area is 166 Å². The number of carbonyl (C=O) groups excluding carboxylic acids is 1. The second-order valence-electron chi connectivity index (χ2n) is 7.06. The van der Waals surface area contributed by atoms with Crippen LogP contribution in [0.2, 0.25) is 5.02 Å². The first-order valence-electron chi connectivity index (χ1n) is 9.64. The summed E-state index contributed by atoms with van der Waals surface area (Å²) >= 11 is 6.20. The van der Waals surface area contributed by atoms with Crippen LogP contribution in [0.3, 0.4) is 0 Å². The van der Waals surface area contributed by atoms with Crippen LogP contribution >= 0.6 is 11.6 Å². The molecule has 0 N–H and O–H groups in total. The topological polar surface area (TPSA) is 66.9 Å². The molecule has 6 nitrogen and oxygen atoms in total. The highest BCUT2D eigenvalue weighted by Gasteiger charge is 2.30. The molecule has 1 aromatic carbocycles. The van der Waals surface area contributed by atoms with Crippen molar-refractivity contribution in [1.29, 1.82) is 0 Å². The van der Waals surface area contributed by atoms with Gasteiger partial charge in [-0.2, -0.15) is 4.31 Å². The van der Waals surface area contributed by atoms with Crippen LogP contribution in [0.5, 0.6) is 0 Å². The number of benzene rings is 1. The Bertz CT molecular complexity index is 770. The third-order valence-electron chi connectivity index (χ3n) is 5.24. The molecule has 0 bridgehead atoms. The van der Waals surface area contributed by atoms with E-state index in [-0.39, 0.29) is 21.9 Å². The zero-order chi connectivity index (χ0) is 19.4. The number of nitrogens with zero attached hydrogens (tertiary/aromatic N) is 2. The zero-order valence-corrected chi connectivity index (χ0v) is 17.3. The molecule has 3 rings (SSSR count). The molecule has 2 aliphatic heterocycles. The Morgan fingerprint density at radius 1 is 1.15 bits per heavy atom. The van der Waals surface area contributed by atoms with Crippen molar-refractivity contribution < 1.29 is 17.9 Å². The van der Waals surface area contributed by atoms with Gasteiger partial charge >= 0.3 is 0 Å². The number of likely N-dealkylation sites (tertiary alicyclic amines) is 1. The molecule has 2 aliphatic rings. The van der Waals surface area contributed by atoms with Gasteiger partial charge in [0.15, 0.2) is 0 Å². The van der Waals surface area contributed by atoms with Gasteiger partial charge in [-0.1, -0.05) is 18.0 Å². The Balaban J connectivity index is 1.78. The SMILES string of the molecule is CCOC1CCN(C(=O)c2ccc(Cl)c(S(=O)(=O)N3CCCCC3)c2)CC1. The maximum absolute atomic E-state index is 13.0. The molecule has 0 spiro atoms. The maximum Gasteiger partial charge on any atom is 0.253 e. The Hall–Kier alpha value is -1.15. The van der Waals surface area contributed by atoms with Crippen LogP contribution in [0.4, 0.5) is 0 Å². The molecule has 2 saturated heterocycles. The third kappa shape index (κ3) is 4.65. The van der Waals surface area contributed by atoms with Crippen molar-refractivity contribution in [3.63, 3.8) is 0 Å². The lowest BCUT2D eigenvalue weighted by atomic mass is 10.1. The van der Waals surface area contributed by atoms with E-state index < -0.39 is 10.0 Å². The number of sulfonamides is 1. The number of ether oxygens (including phenoxy) is 1. The van der Waals surface area contributed by atoms with Crippen LogP contribution < -0.4 is 0 Å². The summed E-state index contributed by atoms with van der Waals surface area (Å²) in [4.78, 5) is 14.7. The summed E-state index contributed by atoms with van der Waals surface area (Å²) in [6.07, 6.45) is 4.53. The smallest absolute Gasteiger partial charge is 0.253 e. The number of hydrogen-bond acceptors (Lipinski definition) is 4. The zero-order valence-electron chi connectivity index (χ0n) is 15.7. The summed E-state index contributed by atoms with van der Waals surface area (Å²) in [5.74, 6) is -0.156. The monoisotopic (exact) mass is 414 g/mol. The minimum absolute atomic E-state index is 0.0288. The Kier molecular flexibility index (Phi) is 6.78. The predicted octanol–water partition coefficient (Wildman–Crippen LogP) is 3.16. The lowest BCUT2D eigenvalue weighted by molar-refractivity contribution is 0.0146. The third-order valence-corrected chi connectivity index (χ3v) is 7.62. The van der Waals surface area contributed by atoms with E-state index in [0.717, 1.165) is 32.1 Å². The molecule has 0 radical (unpaired) electrons. The number of halogens is 1. The molecule has 8 heteroatoms. The summed E-state index contributed by atoms with van der Waals surface area (Å²) < 4.78 is 33.0. The van der Waals surface area contributed by atoms with Crippen molar-refractivity contribution >= 4 is 27.5 Å². The van der Waals surface area contributed by atoms with E-state index in [2.05, 4.69) is 0 Å². The summed E-state index contributed by atoms with van der Waals surface area (Å²) in [5.41, 5.74) is 0.366. The van der Waals surface area contributed by atoms with Gasteiger partial charge in [-0.3, -0.25) is 4.79 Å². The highest BCUT2D eigenvalue weighted by atomic mass is 35.5. The Morgan fingerprint density at radius 2 is 1.81 bits per heavy atom. The molecular formula is C19H27ClN2O4S. The maximum atomic E-state index is 13.0. The molecule has 1 aromatic rings. The molecule has 150 valence electrons. The molecule has 27 heavy (non-hydrogen) atoms. The number of carbonyl (C=O) groups is 1. The first kappa shape index (κ1) is 20.6. The quantitative estimate of drug-likeness (QED) is 0.742. The van der Waals surface area contributed by atoms with Gasteiger partial charge in [0.25, 0.3) is 5.91 Å². The molecule has 0 saturated carbocycles. The van der Waals surface area contributed by atoms with Crippen LogP contribution in [-0.4, -0.2) is 62.4 Å². The van der Waals surface area contributed by atoms with E-state index in [9.17, 15) is 13.2 Å².